The molecular weight excluding hydrogens is 148 g/mol. The molecule has 0 radical (unpaired) electrons. The van der Waals surface area contributed by atoms with Gasteiger partial charge in [-0.15, -0.1) is 0 Å². The first kappa shape index (κ1) is 8.78. The van der Waals surface area contributed by atoms with Crippen LogP contribution >= 0.6 is 0 Å². The summed E-state index contributed by atoms with van der Waals surface area (Å²) in [6.45, 7) is 6.07. The van der Waals surface area contributed by atoms with Crippen molar-refractivity contribution in [2.24, 2.45) is 0 Å². The van der Waals surface area contributed by atoms with Gasteiger partial charge in [-0.05, 0) is 26.3 Å². The first-order valence-corrected chi connectivity index (χ1v) is 4.08. The Hall–Kier alpha value is -1.31. The molecule has 2 nitrogen and oxygen atoms in total. The average molecular weight is 162 g/mol. The van der Waals surface area contributed by atoms with Crippen molar-refractivity contribution >= 4 is 11.8 Å². The molecule has 0 unspecified atom stereocenters. The molecule has 12 heavy (non-hydrogen) atoms. The number of hydrogen-bond donors (Lipinski definition) is 0. The fraction of sp³-hybridized carbons (Fsp3) is 0.300. The lowest BCUT2D eigenvalue weighted by molar-refractivity contribution is 1.08. The molecule has 0 amide bonds. The largest absolute Gasteiger partial charge is 0.307 e. The zero-order chi connectivity index (χ0) is 8.97. The summed E-state index contributed by atoms with van der Waals surface area (Å²) in [5.41, 5.74) is 1.19. The van der Waals surface area contributed by atoms with E-state index in [4.69, 9.17) is 0 Å². The van der Waals surface area contributed by atoms with Gasteiger partial charge in [-0.3, -0.25) is 0 Å². The summed E-state index contributed by atoms with van der Waals surface area (Å²) < 4.78 is 2.01. The van der Waals surface area contributed by atoms with Gasteiger partial charge in [0.1, 0.15) is 5.82 Å². The molecule has 0 aliphatic rings. The molecule has 0 N–H and O–H groups in total. The first-order valence-electron chi connectivity index (χ1n) is 4.08. The van der Waals surface area contributed by atoms with Gasteiger partial charge in [0, 0.05) is 18.6 Å². The summed E-state index contributed by atoms with van der Waals surface area (Å²) in [5.74, 6) is 1.01. The van der Waals surface area contributed by atoms with Gasteiger partial charge in [-0.25, -0.2) is 4.98 Å². The molecule has 64 valence electrons. The van der Waals surface area contributed by atoms with Gasteiger partial charge in [-0.2, -0.15) is 0 Å². The van der Waals surface area contributed by atoms with Crippen LogP contribution in [0.1, 0.15) is 26.6 Å². The second-order valence-corrected chi connectivity index (χ2v) is 2.61. The summed E-state index contributed by atoms with van der Waals surface area (Å²) in [5, 5.41) is 0. The standard InChI is InChI=1S/C10H14N2/c1-4-7-12-8-6-11-10(12)9(3)5-2/h4-8H,1-3H3/b7-4-,9-5-. The lowest BCUT2D eigenvalue weighted by atomic mass is 10.3. The second kappa shape index (κ2) is 3.90. The monoisotopic (exact) mass is 162 g/mol. The number of allylic oxidation sites excluding steroid dienone is 3. The smallest absolute Gasteiger partial charge is 0.139 e. The Morgan fingerprint density at radius 3 is 2.83 bits per heavy atom. The Bertz CT molecular complexity index is 305. The molecule has 2 heteroatoms. The van der Waals surface area contributed by atoms with Gasteiger partial charge in [0.25, 0.3) is 0 Å². The zero-order valence-corrected chi connectivity index (χ0v) is 7.78. The maximum atomic E-state index is 4.25. The van der Waals surface area contributed by atoms with Crippen molar-refractivity contribution in [1.29, 1.82) is 0 Å². The Kier molecular flexibility index (Phi) is 2.86. The van der Waals surface area contributed by atoms with Gasteiger partial charge in [-0.1, -0.05) is 12.2 Å². The summed E-state index contributed by atoms with van der Waals surface area (Å²) >= 11 is 0. The minimum absolute atomic E-state index is 1.01. The number of nitrogens with zero attached hydrogens (tertiary/aromatic N) is 2. The Balaban J connectivity index is 3.07. The van der Waals surface area contributed by atoms with Crippen LogP contribution in [0.25, 0.3) is 11.8 Å². The van der Waals surface area contributed by atoms with E-state index < -0.39 is 0 Å². The molecule has 1 aromatic heterocycles. The predicted octanol–water partition coefficient (Wildman–Crippen LogP) is 2.80. The van der Waals surface area contributed by atoms with E-state index in [1.165, 1.54) is 5.57 Å². The lowest BCUT2D eigenvalue weighted by Crippen LogP contribution is -1.92. The topological polar surface area (TPSA) is 17.8 Å². The molecule has 0 saturated carbocycles. The molecule has 0 atom stereocenters. The van der Waals surface area contributed by atoms with Crippen molar-refractivity contribution in [2.75, 3.05) is 0 Å². The van der Waals surface area contributed by atoms with E-state index in [-0.39, 0.29) is 0 Å². The van der Waals surface area contributed by atoms with Crippen LogP contribution < -0.4 is 0 Å². The number of aromatic nitrogens is 2. The molecule has 0 fully saturated rings. The van der Waals surface area contributed by atoms with Crippen LogP contribution in [0.4, 0.5) is 0 Å². The van der Waals surface area contributed by atoms with Crippen molar-refractivity contribution in [1.82, 2.24) is 9.55 Å². The maximum absolute atomic E-state index is 4.25. The van der Waals surface area contributed by atoms with E-state index in [0.29, 0.717) is 0 Å². The van der Waals surface area contributed by atoms with Crippen molar-refractivity contribution < 1.29 is 0 Å². The molecule has 0 bridgehead atoms. The van der Waals surface area contributed by atoms with Gasteiger partial charge in [0.05, 0.1) is 0 Å². The van der Waals surface area contributed by atoms with E-state index in [1.807, 2.05) is 43.1 Å². The fourth-order valence-corrected chi connectivity index (χ4v) is 1.03. The average Bonchev–Trinajstić information content (AvgIpc) is 2.52. The second-order valence-electron chi connectivity index (χ2n) is 2.61. The molecule has 1 aromatic rings. The summed E-state index contributed by atoms with van der Waals surface area (Å²) in [6.07, 6.45) is 9.80. The third kappa shape index (κ3) is 1.64. The van der Waals surface area contributed by atoms with Crippen LogP contribution in [0, 0.1) is 0 Å². The highest BCUT2D eigenvalue weighted by atomic mass is 15.0. The quantitative estimate of drug-likeness (QED) is 0.653. The minimum Gasteiger partial charge on any atom is -0.307 e. The van der Waals surface area contributed by atoms with Crippen molar-refractivity contribution in [2.45, 2.75) is 20.8 Å². The number of hydrogen-bond acceptors (Lipinski definition) is 1. The van der Waals surface area contributed by atoms with Gasteiger partial charge >= 0.3 is 0 Å². The molecule has 0 aliphatic heterocycles. The normalized spacial score (nSPS) is 12.8. The Morgan fingerprint density at radius 2 is 2.25 bits per heavy atom. The molecule has 0 aromatic carbocycles. The van der Waals surface area contributed by atoms with E-state index in [2.05, 4.69) is 18.0 Å². The summed E-state index contributed by atoms with van der Waals surface area (Å²) in [6, 6.07) is 0. The van der Waals surface area contributed by atoms with Gasteiger partial charge < -0.3 is 4.57 Å². The Labute approximate surface area is 73.2 Å². The fourth-order valence-electron chi connectivity index (χ4n) is 1.03. The summed E-state index contributed by atoms with van der Waals surface area (Å²) in [4.78, 5) is 4.25. The molecule has 1 heterocycles. The third-order valence-electron chi connectivity index (χ3n) is 1.76. The SMILES string of the molecule is C/C=C\n1ccnc1/C(C)=C\C. The predicted molar refractivity (Wildman–Crippen MR) is 52.6 cm³/mol. The van der Waals surface area contributed by atoms with Crippen molar-refractivity contribution in [3.63, 3.8) is 0 Å². The zero-order valence-electron chi connectivity index (χ0n) is 7.78. The highest BCUT2D eigenvalue weighted by Gasteiger charge is 1.99. The number of imidazole rings is 1. The highest BCUT2D eigenvalue weighted by Crippen LogP contribution is 2.10. The molecule has 0 aliphatic carbocycles. The van der Waals surface area contributed by atoms with E-state index in [1.54, 1.807) is 0 Å². The summed E-state index contributed by atoms with van der Waals surface area (Å²) in [7, 11) is 0. The van der Waals surface area contributed by atoms with Crippen LogP contribution in [-0.4, -0.2) is 9.55 Å². The molecule has 0 saturated heterocycles. The lowest BCUT2D eigenvalue weighted by Gasteiger charge is -2.00. The number of rotatable bonds is 2. The van der Waals surface area contributed by atoms with Crippen molar-refractivity contribution in [3.8, 4) is 0 Å². The van der Waals surface area contributed by atoms with Gasteiger partial charge in [0.15, 0.2) is 0 Å². The molecule has 1 rings (SSSR count). The molecule has 0 spiro atoms. The van der Waals surface area contributed by atoms with E-state index >= 15 is 0 Å². The van der Waals surface area contributed by atoms with E-state index in [9.17, 15) is 0 Å². The third-order valence-corrected chi connectivity index (χ3v) is 1.76. The van der Waals surface area contributed by atoms with Crippen LogP contribution in [0.5, 0.6) is 0 Å². The first-order chi connectivity index (χ1) is 5.79. The van der Waals surface area contributed by atoms with Crippen LogP contribution in [0.2, 0.25) is 0 Å². The van der Waals surface area contributed by atoms with Crippen LogP contribution in [-0.2, 0) is 0 Å². The van der Waals surface area contributed by atoms with E-state index in [0.717, 1.165) is 5.82 Å². The van der Waals surface area contributed by atoms with Crippen LogP contribution in [0.15, 0.2) is 24.5 Å². The minimum atomic E-state index is 1.01. The molecular formula is C10H14N2. The highest BCUT2D eigenvalue weighted by molar-refractivity contribution is 5.59. The van der Waals surface area contributed by atoms with Gasteiger partial charge in [0.2, 0.25) is 0 Å². The van der Waals surface area contributed by atoms with Crippen molar-refractivity contribution in [3.05, 3.63) is 30.4 Å². The maximum Gasteiger partial charge on any atom is 0.139 e. The van der Waals surface area contributed by atoms with Crippen LogP contribution in [0.3, 0.4) is 0 Å². The Morgan fingerprint density at radius 1 is 1.50 bits per heavy atom.